The average Bonchev–Trinajstić information content (AvgIpc) is 3.12. The number of nitrogens with one attached hydrogen (secondary N) is 1. The van der Waals surface area contributed by atoms with E-state index in [0.29, 0.717) is 19.4 Å². The Hall–Kier alpha value is -2.18. The lowest BCUT2D eigenvalue weighted by Crippen LogP contribution is -2.43. The number of anilines is 1. The molecule has 1 saturated heterocycles. The number of hydrogen-bond acceptors (Lipinski definition) is 3. The van der Waals surface area contributed by atoms with Crippen LogP contribution in [0, 0.1) is 6.92 Å². The monoisotopic (exact) mass is 400 g/mol. The van der Waals surface area contributed by atoms with Crippen molar-refractivity contribution in [2.45, 2.75) is 56.9 Å². The van der Waals surface area contributed by atoms with Gasteiger partial charge in [0, 0.05) is 12.2 Å². The average molecular weight is 401 g/mol. The quantitative estimate of drug-likeness (QED) is 0.841. The molecule has 0 spiro atoms. The van der Waals surface area contributed by atoms with E-state index in [1.54, 1.807) is 24.3 Å². The van der Waals surface area contributed by atoms with Gasteiger partial charge in [0.15, 0.2) is 0 Å². The van der Waals surface area contributed by atoms with Crippen LogP contribution in [-0.2, 0) is 20.2 Å². The lowest BCUT2D eigenvalue weighted by Gasteiger charge is -2.26. The van der Waals surface area contributed by atoms with Crippen LogP contribution < -0.4 is 5.32 Å². The van der Waals surface area contributed by atoms with Crippen LogP contribution in [-0.4, -0.2) is 31.2 Å². The lowest BCUT2D eigenvalue weighted by atomic mass is 9.86. The molecule has 2 aromatic carbocycles. The number of hydrogen-bond donors (Lipinski definition) is 1. The summed E-state index contributed by atoms with van der Waals surface area (Å²) in [7, 11) is -3.71. The summed E-state index contributed by atoms with van der Waals surface area (Å²) < 4.78 is 27.5. The third-order valence-electron chi connectivity index (χ3n) is 5.13. The van der Waals surface area contributed by atoms with Crippen LogP contribution in [0.15, 0.2) is 53.4 Å². The van der Waals surface area contributed by atoms with Crippen molar-refractivity contribution in [3.05, 3.63) is 59.7 Å². The normalized spacial score (nSPS) is 18.2. The Labute approximate surface area is 167 Å². The third-order valence-corrected chi connectivity index (χ3v) is 7.05. The van der Waals surface area contributed by atoms with Gasteiger partial charge in [0.25, 0.3) is 0 Å². The van der Waals surface area contributed by atoms with Crippen LogP contribution in [0.5, 0.6) is 0 Å². The van der Waals surface area contributed by atoms with Crippen molar-refractivity contribution in [3.63, 3.8) is 0 Å². The Bertz CT molecular complexity index is 960. The number of sulfonamides is 1. The van der Waals surface area contributed by atoms with Crippen molar-refractivity contribution in [3.8, 4) is 0 Å². The Balaban J connectivity index is 1.86. The summed E-state index contributed by atoms with van der Waals surface area (Å²) in [6, 6.07) is 13.7. The summed E-state index contributed by atoms with van der Waals surface area (Å²) in [4.78, 5) is 13.2. The summed E-state index contributed by atoms with van der Waals surface area (Å²) in [5.41, 5.74) is 2.62. The molecule has 0 aromatic heterocycles. The van der Waals surface area contributed by atoms with E-state index in [2.05, 4.69) is 26.1 Å². The summed E-state index contributed by atoms with van der Waals surface area (Å²) in [5.74, 6) is -0.273. The molecule has 1 fully saturated rings. The highest BCUT2D eigenvalue weighted by Gasteiger charge is 2.39. The van der Waals surface area contributed by atoms with Crippen LogP contribution in [0.1, 0.15) is 44.7 Å². The largest absolute Gasteiger partial charge is 0.324 e. The molecule has 0 saturated carbocycles. The zero-order valence-corrected chi connectivity index (χ0v) is 17.7. The number of rotatable bonds is 4. The molecule has 1 N–H and O–H groups in total. The zero-order valence-electron chi connectivity index (χ0n) is 16.9. The van der Waals surface area contributed by atoms with E-state index < -0.39 is 16.1 Å². The van der Waals surface area contributed by atoms with Gasteiger partial charge in [-0.25, -0.2) is 8.42 Å². The second-order valence-corrected chi connectivity index (χ2v) is 10.3. The van der Waals surface area contributed by atoms with Crippen LogP contribution in [0.4, 0.5) is 5.69 Å². The Kier molecular flexibility index (Phi) is 5.64. The summed E-state index contributed by atoms with van der Waals surface area (Å²) in [5, 5.41) is 2.98. The third kappa shape index (κ3) is 4.13. The Morgan fingerprint density at radius 2 is 1.71 bits per heavy atom. The van der Waals surface area contributed by atoms with Crippen molar-refractivity contribution < 1.29 is 13.2 Å². The lowest BCUT2D eigenvalue weighted by molar-refractivity contribution is -0.119. The SMILES string of the molecule is Cc1ccc(S(=O)(=O)N2CCC[C@H]2C(=O)Nc2ccccc2C(C)(C)C)cc1. The van der Waals surface area contributed by atoms with Crippen LogP contribution >= 0.6 is 0 Å². The van der Waals surface area contributed by atoms with Crippen LogP contribution in [0.3, 0.4) is 0 Å². The molecule has 150 valence electrons. The van der Waals surface area contributed by atoms with E-state index in [1.165, 1.54) is 4.31 Å². The van der Waals surface area contributed by atoms with Crippen LogP contribution in [0.2, 0.25) is 0 Å². The van der Waals surface area contributed by atoms with Gasteiger partial charge in [-0.2, -0.15) is 4.31 Å². The number of para-hydroxylation sites is 1. The molecule has 6 heteroatoms. The maximum Gasteiger partial charge on any atom is 0.243 e. The van der Waals surface area contributed by atoms with E-state index >= 15 is 0 Å². The van der Waals surface area contributed by atoms with Crippen molar-refractivity contribution in [1.29, 1.82) is 0 Å². The molecule has 1 heterocycles. The van der Waals surface area contributed by atoms with Crippen molar-refractivity contribution in [2.24, 2.45) is 0 Å². The summed E-state index contributed by atoms with van der Waals surface area (Å²) in [6.45, 7) is 8.52. The van der Waals surface area contributed by atoms with Crippen molar-refractivity contribution in [2.75, 3.05) is 11.9 Å². The Morgan fingerprint density at radius 1 is 1.07 bits per heavy atom. The van der Waals surface area contributed by atoms with Gasteiger partial charge in [0.1, 0.15) is 6.04 Å². The van der Waals surface area contributed by atoms with Crippen LogP contribution in [0.25, 0.3) is 0 Å². The minimum Gasteiger partial charge on any atom is -0.324 e. The van der Waals surface area contributed by atoms with Gasteiger partial charge in [-0.1, -0.05) is 56.7 Å². The summed E-state index contributed by atoms with van der Waals surface area (Å²) in [6.07, 6.45) is 1.19. The molecule has 1 aliphatic heterocycles. The van der Waals surface area contributed by atoms with Gasteiger partial charge in [0.05, 0.1) is 4.90 Å². The predicted molar refractivity (Wildman–Crippen MR) is 112 cm³/mol. The van der Waals surface area contributed by atoms with E-state index in [4.69, 9.17) is 0 Å². The number of carbonyl (C=O) groups excluding carboxylic acids is 1. The van der Waals surface area contributed by atoms with Gasteiger partial charge in [0.2, 0.25) is 15.9 Å². The molecule has 0 aliphatic carbocycles. The highest BCUT2D eigenvalue weighted by molar-refractivity contribution is 7.89. The van der Waals surface area contributed by atoms with Crippen molar-refractivity contribution in [1.82, 2.24) is 4.31 Å². The second kappa shape index (κ2) is 7.68. The molecule has 0 bridgehead atoms. The maximum atomic E-state index is 13.1. The van der Waals surface area contributed by atoms with E-state index in [1.807, 2.05) is 31.2 Å². The topological polar surface area (TPSA) is 66.5 Å². The molecule has 0 unspecified atom stereocenters. The smallest absolute Gasteiger partial charge is 0.243 e. The number of amides is 1. The second-order valence-electron chi connectivity index (χ2n) is 8.37. The molecule has 3 rings (SSSR count). The van der Waals surface area contributed by atoms with Crippen molar-refractivity contribution >= 4 is 21.6 Å². The van der Waals surface area contributed by atoms with E-state index in [0.717, 1.165) is 16.8 Å². The molecule has 28 heavy (non-hydrogen) atoms. The van der Waals surface area contributed by atoms with Gasteiger partial charge in [-0.05, 0) is 48.9 Å². The zero-order chi connectivity index (χ0) is 20.5. The number of aryl methyl sites for hydroxylation is 1. The number of carbonyl (C=O) groups is 1. The van der Waals surface area contributed by atoms with Gasteiger partial charge in [-0.15, -0.1) is 0 Å². The molecule has 5 nitrogen and oxygen atoms in total. The first-order valence-electron chi connectivity index (χ1n) is 9.59. The number of nitrogens with zero attached hydrogens (tertiary/aromatic N) is 1. The first kappa shape index (κ1) is 20.6. The molecule has 2 aromatic rings. The Morgan fingerprint density at radius 3 is 2.36 bits per heavy atom. The molecule has 1 aliphatic rings. The highest BCUT2D eigenvalue weighted by Crippen LogP contribution is 2.31. The maximum absolute atomic E-state index is 13.1. The van der Waals surface area contributed by atoms with Gasteiger partial charge >= 0.3 is 0 Å². The molecular weight excluding hydrogens is 372 g/mol. The summed E-state index contributed by atoms with van der Waals surface area (Å²) >= 11 is 0. The number of benzene rings is 2. The van der Waals surface area contributed by atoms with Gasteiger partial charge in [-0.3, -0.25) is 4.79 Å². The first-order valence-corrected chi connectivity index (χ1v) is 11.0. The molecule has 1 amide bonds. The fraction of sp³-hybridized carbons (Fsp3) is 0.409. The van der Waals surface area contributed by atoms with E-state index in [9.17, 15) is 13.2 Å². The van der Waals surface area contributed by atoms with E-state index in [-0.39, 0.29) is 16.2 Å². The minimum atomic E-state index is -3.71. The molecule has 0 radical (unpaired) electrons. The van der Waals surface area contributed by atoms with Gasteiger partial charge < -0.3 is 5.32 Å². The minimum absolute atomic E-state index is 0.132. The molecular formula is C22H28N2O3S. The highest BCUT2D eigenvalue weighted by atomic mass is 32.2. The first-order chi connectivity index (χ1) is 13.1. The fourth-order valence-corrected chi connectivity index (χ4v) is 5.25. The predicted octanol–water partition coefficient (Wildman–Crippen LogP) is 4.08. The standard InChI is InChI=1S/C22H28N2O3S/c1-16-11-13-17(14-12-16)28(26,27)24-15-7-10-20(24)21(25)23-19-9-6-5-8-18(19)22(2,3)4/h5-6,8-9,11-14,20H,7,10,15H2,1-4H3,(H,23,25)/t20-/m0/s1. The molecule has 1 atom stereocenters. The fourth-order valence-electron chi connectivity index (χ4n) is 3.60.